The van der Waals surface area contributed by atoms with E-state index in [4.69, 9.17) is 16.2 Å². The number of nitrogens with two attached hydrogens (primary N) is 2. The van der Waals surface area contributed by atoms with Crippen LogP contribution >= 0.6 is 31.9 Å². The Morgan fingerprint density at radius 3 is 2.75 bits per heavy atom. The number of aromatic amines is 1. The number of anilines is 1. The number of primary amides is 1. The molecular weight excluding hydrogens is 442 g/mol. The second-order valence-corrected chi connectivity index (χ2v) is 6.39. The van der Waals surface area contributed by atoms with Crippen molar-refractivity contribution in [2.24, 2.45) is 5.73 Å². The largest absolute Gasteiger partial charge is 0.410 e. The number of H-pyrrole nitrogens is 1. The number of amides is 1. The molecule has 0 saturated carbocycles. The number of hydrogen-bond acceptors (Lipinski definition) is 5. The molecule has 5 N–H and O–H groups in total. The van der Waals surface area contributed by atoms with E-state index in [9.17, 15) is 4.79 Å². The number of aromatic nitrogens is 3. The number of nitrogens with one attached hydrogen (secondary N) is 1. The van der Waals surface area contributed by atoms with E-state index in [0.717, 1.165) is 14.5 Å². The van der Waals surface area contributed by atoms with Crippen molar-refractivity contribution in [1.82, 2.24) is 15.0 Å². The zero-order chi connectivity index (χ0) is 17.3. The SMILES string of the molecule is NC(=O)Oc1cc(-c2ccnc(N)n2)[nH]c1-c1cccc(Br)c1Br. The summed E-state index contributed by atoms with van der Waals surface area (Å²) < 4.78 is 6.78. The van der Waals surface area contributed by atoms with Gasteiger partial charge in [0.25, 0.3) is 0 Å². The maximum atomic E-state index is 11.2. The van der Waals surface area contributed by atoms with E-state index in [-0.39, 0.29) is 11.7 Å². The summed E-state index contributed by atoms with van der Waals surface area (Å²) >= 11 is 6.96. The number of carbonyl (C=O) groups excluding carboxylic acids is 1. The van der Waals surface area contributed by atoms with Gasteiger partial charge in [-0.1, -0.05) is 12.1 Å². The smallest absolute Gasteiger partial charge is 0.408 e. The first-order chi connectivity index (χ1) is 11.5. The maximum Gasteiger partial charge on any atom is 0.410 e. The van der Waals surface area contributed by atoms with Crippen molar-refractivity contribution in [1.29, 1.82) is 0 Å². The second-order valence-electron chi connectivity index (χ2n) is 4.74. The molecule has 2 heterocycles. The van der Waals surface area contributed by atoms with Crippen molar-refractivity contribution < 1.29 is 9.53 Å². The molecule has 0 bridgehead atoms. The number of nitrogen functional groups attached to an aromatic ring is 1. The molecule has 3 rings (SSSR count). The van der Waals surface area contributed by atoms with Gasteiger partial charge in [0.05, 0.1) is 17.1 Å². The Kier molecular flexibility index (Phi) is 4.54. The number of nitrogens with zero attached hydrogens (tertiary/aromatic N) is 2. The molecule has 24 heavy (non-hydrogen) atoms. The molecule has 3 aromatic rings. The molecule has 2 aromatic heterocycles. The van der Waals surface area contributed by atoms with Gasteiger partial charge in [-0.05, 0) is 44.0 Å². The third-order valence-electron chi connectivity index (χ3n) is 3.16. The van der Waals surface area contributed by atoms with Crippen molar-refractivity contribution in [2.45, 2.75) is 0 Å². The number of benzene rings is 1. The van der Waals surface area contributed by atoms with Gasteiger partial charge in [-0.15, -0.1) is 0 Å². The number of halogens is 2. The van der Waals surface area contributed by atoms with Crippen LogP contribution in [0.25, 0.3) is 22.6 Å². The van der Waals surface area contributed by atoms with Crippen LogP contribution in [0.5, 0.6) is 5.75 Å². The topological polar surface area (TPSA) is 120 Å². The van der Waals surface area contributed by atoms with Gasteiger partial charge in [0.15, 0.2) is 5.75 Å². The fourth-order valence-corrected chi connectivity index (χ4v) is 3.01. The Morgan fingerprint density at radius 1 is 1.25 bits per heavy atom. The summed E-state index contributed by atoms with van der Waals surface area (Å²) in [5.74, 6) is 0.429. The first kappa shape index (κ1) is 16.5. The van der Waals surface area contributed by atoms with Crippen molar-refractivity contribution in [2.75, 3.05) is 5.73 Å². The van der Waals surface area contributed by atoms with E-state index in [2.05, 4.69) is 46.8 Å². The molecule has 9 heteroatoms. The van der Waals surface area contributed by atoms with Crippen LogP contribution in [-0.4, -0.2) is 21.0 Å². The third kappa shape index (κ3) is 3.26. The number of carbonyl (C=O) groups is 1. The zero-order valence-corrected chi connectivity index (χ0v) is 15.3. The fraction of sp³-hybridized carbons (Fsp3) is 0. The highest BCUT2D eigenvalue weighted by atomic mass is 79.9. The van der Waals surface area contributed by atoms with E-state index in [1.165, 1.54) is 0 Å². The molecule has 0 radical (unpaired) electrons. The Labute approximate surface area is 153 Å². The van der Waals surface area contributed by atoms with E-state index in [0.29, 0.717) is 17.1 Å². The Morgan fingerprint density at radius 2 is 2.04 bits per heavy atom. The average Bonchev–Trinajstić information content (AvgIpc) is 2.93. The molecule has 0 spiro atoms. The second kappa shape index (κ2) is 6.62. The Hall–Kier alpha value is -2.39. The third-order valence-corrected chi connectivity index (χ3v) is 5.21. The molecular formula is C15H11Br2N5O2. The molecule has 0 unspecified atom stereocenters. The predicted octanol–water partition coefficient (Wildman–Crippen LogP) is 3.70. The quantitative estimate of drug-likeness (QED) is 0.559. The molecule has 1 aromatic carbocycles. The van der Waals surface area contributed by atoms with Gasteiger partial charge in [0.1, 0.15) is 0 Å². The van der Waals surface area contributed by atoms with Crippen LogP contribution in [0, 0.1) is 0 Å². The van der Waals surface area contributed by atoms with Crippen LogP contribution < -0.4 is 16.2 Å². The maximum absolute atomic E-state index is 11.2. The minimum absolute atomic E-state index is 0.143. The van der Waals surface area contributed by atoms with Gasteiger partial charge in [-0.25, -0.2) is 14.8 Å². The van der Waals surface area contributed by atoms with Crippen LogP contribution in [-0.2, 0) is 0 Å². The molecule has 0 atom stereocenters. The van der Waals surface area contributed by atoms with Crippen molar-refractivity contribution in [3.05, 3.63) is 45.5 Å². The van der Waals surface area contributed by atoms with Gasteiger partial charge >= 0.3 is 6.09 Å². The Bertz CT molecular complexity index is 926. The van der Waals surface area contributed by atoms with E-state index >= 15 is 0 Å². The van der Waals surface area contributed by atoms with Crippen molar-refractivity contribution in [3.63, 3.8) is 0 Å². The molecule has 0 aliphatic carbocycles. The summed E-state index contributed by atoms with van der Waals surface area (Å²) in [6, 6.07) is 8.94. The predicted molar refractivity (Wildman–Crippen MR) is 97.3 cm³/mol. The minimum atomic E-state index is -0.907. The van der Waals surface area contributed by atoms with Crippen LogP contribution in [0.3, 0.4) is 0 Å². The van der Waals surface area contributed by atoms with Crippen molar-refractivity contribution in [3.8, 4) is 28.4 Å². The average molecular weight is 453 g/mol. The lowest BCUT2D eigenvalue weighted by molar-refractivity contribution is 0.211. The van der Waals surface area contributed by atoms with Gasteiger partial charge in [0, 0.05) is 26.8 Å². The van der Waals surface area contributed by atoms with E-state index < -0.39 is 6.09 Å². The summed E-state index contributed by atoms with van der Waals surface area (Å²) in [4.78, 5) is 22.4. The number of ether oxygens (including phenoxy) is 1. The molecule has 1 amide bonds. The highest BCUT2D eigenvalue weighted by Crippen LogP contribution is 2.40. The lowest BCUT2D eigenvalue weighted by Gasteiger charge is -2.07. The molecule has 0 fully saturated rings. The zero-order valence-electron chi connectivity index (χ0n) is 12.1. The minimum Gasteiger partial charge on any atom is -0.408 e. The van der Waals surface area contributed by atoms with Crippen molar-refractivity contribution >= 4 is 43.9 Å². The Balaban J connectivity index is 2.17. The molecule has 0 aliphatic heterocycles. The number of hydrogen-bond donors (Lipinski definition) is 3. The molecule has 0 aliphatic rings. The first-order valence-electron chi connectivity index (χ1n) is 6.69. The summed E-state index contributed by atoms with van der Waals surface area (Å²) in [5.41, 5.74) is 13.3. The normalized spacial score (nSPS) is 10.6. The lowest BCUT2D eigenvalue weighted by atomic mass is 10.1. The van der Waals surface area contributed by atoms with Crippen LogP contribution in [0.2, 0.25) is 0 Å². The molecule has 7 nitrogen and oxygen atoms in total. The van der Waals surface area contributed by atoms with E-state index in [1.54, 1.807) is 18.3 Å². The molecule has 122 valence electrons. The monoisotopic (exact) mass is 451 g/mol. The fourth-order valence-electron chi connectivity index (χ4n) is 2.18. The standard InChI is InChI=1S/C15H11Br2N5O2/c16-8-3-1-2-7(12(8)17)13-11(24-15(19)23)6-10(21-13)9-4-5-20-14(18)22-9/h1-6,21H,(H2,19,23)(H2,18,20,22). The highest BCUT2D eigenvalue weighted by Gasteiger charge is 2.18. The van der Waals surface area contributed by atoms with E-state index in [1.807, 2.05) is 18.2 Å². The summed E-state index contributed by atoms with van der Waals surface area (Å²) in [7, 11) is 0. The van der Waals surface area contributed by atoms with Gasteiger partial charge in [0.2, 0.25) is 5.95 Å². The molecule has 0 saturated heterocycles. The van der Waals surface area contributed by atoms with Crippen LogP contribution in [0.4, 0.5) is 10.7 Å². The summed E-state index contributed by atoms with van der Waals surface area (Å²) in [5, 5.41) is 0. The van der Waals surface area contributed by atoms with Crippen LogP contribution in [0.1, 0.15) is 0 Å². The highest BCUT2D eigenvalue weighted by molar-refractivity contribution is 9.13. The van der Waals surface area contributed by atoms with Gasteiger partial charge in [-0.3, -0.25) is 0 Å². The first-order valence-corrected chi connectivity index (χ1v) is 8.28. The summed E-state index contributed by atoms with van der Waals surface area (Å²) in [6.45, 7) is 0. The van der Waals surface area contributed by atoms with Gasteiger partial charge in [-0.2, -0.15) is 0 Å². The van der Waals surface area contributed by atoms with Gasteiger partial charge < -0.3 is 21.2 Å². The number of rotatable bonds is 3. The summed E-state index contributed by atoms with van der Waals surface area (Å²) in [6.07, 6.45) is 0.636. The van der Waals surface area contributed by atoms with Crippen LogP contribution in [0.15, 0.2) is 45.5 Å². The lowest BCUT2D eigenvalue weighted by Crippen LogP contribution is -2.16.